The molecule has 0 radical (unpaired) electrons. The Labute approximate surface area is 127 Å². The van der Waals surface area contributed by atoms with Crippen LogP contribution in [-0.4, -0.2) is 29.1 Å². The zero-order chi connectivity index (χ0) is 15.0. The second kappa shape index (κ2) is 5.73. The van der Waals surface area contributed by atoms with Crippen molar-refractivity contribution in [3.63, 3.8) is 0 Å². The molecule has 21 heavy (non-hydrogen) atoms. The normalized spacial score (nSPS) is 15.0. The molecule has 3 nitrogen and oxygen atoms in total. The van der Waals surface area contributed by atoms with Gasteiger partial charge in [-0.1, -0.05) is 13.0 Å². The van der Waals surface area contributed by atoms with Crippen molar-refractivity contribution >= 4 is 27.4 Å². The minimum absolute atomic E-state index is 0.268. The van der Waals surface area contributed by atoms with E-state index in [2.05, 4.69) is 11.8 Å². The summed E-state index contributed by atoms with van der Waals surface area (Å²) in [5, 5.41) is 9.89. The summed E-state index contributed by atoms with van der Waals surface area (Å²) in [4.78, 5) is 14.0. The van der Waals surface area contributed by atoms with E-state index < -0.39 is 5.97 Å². The van der Waals surface area contributed by atoms with Gasteiger partial charge in [0.25, 0.3) is 0 Å². The van der Waals surface area contributed by atoms with Gasteiger partial charge in [0.2, 0.25) is 0 Å². The maximum absolute atomic E-state index is 14.1. The van der Waals surface area contributed by atoms with Crippen LogP contribution in [0.5, 0.6) is 0 Å². The lowest BCUT2D eigenvalue weighted by atomic mass is 10.1. The van der Waals surface area contributed by atoms with E-state index in [-0.39, 0.29) is 10.7 Å². The summed E-state index contributed by atoms with van der Waals surface area (Å²) in [5.41, 5.74) is 0.628. The van der Waals surface area contributed by atoms with Crippen LogP contribution in [0.4, 0.5) is 4.39 Å². The number of aromatic carboxylic acids is 1. The summed E-state index contributed by atoms with van der Waals surface area (Å²) in [7, 11) is 0. The van der Waals surface area contributed by atoms with Crippen molar-refractivity contribution in [2.45, 2.75) is 26.3 Å². The van der Waals surface area contributed by atoms with Crippen LogP contribution < -0.4 is 0 Å². The van der Waals surface area contributed by atoms with E-state index >= 15 is 0 Å². The molecule has 0 atom stereocenters. The number of carbonyl (C=O) groups is 1. The van der Waals surface area contributed by atoms with Crippen molar-refractivity contribution in [3.05, 3.63) is 34.5 Å². The Bertz CT molecular complexity index is 678. The monoisotopic (exact) mass is 307 g/mol. The molecular formula is C16H18FNO2S. The molecule has 1 saturated carbocycles. The van der Waals surface area contributed by atoms with Gasteiger partial charge in [0.05, 0.1) is 0 Å². The van der Waals surface area contributed by atoms with Gasteiger partial charge >= 0.3 is 5.97 Å². The molecule has 0 spiro atoms. The fraction of sp³-hybridized carbons (Fsp3) is 0.438. The molecule has 1 fully saturated rings. The molecule has 1 N–H and O–H groups in total. The van der Waals surface area contributed by atoms with E-state index in [1.54, 1.807) is 12.1 Å². The molecule has 0 saturated heterocycles. The zero-order valence-electron chi connectivity index (χ0n) is 11.9. The molecule has 0 bridgehead atoms. The standard InChI is InChI=1S/C16H18FNO2S/c1-2-18(8-10-6-7-10)9-11-14-12(17)4-3-5-13(14)21-15(11)16(19)20/h3-5,10H,2,6-9H2,1H3,(H,19,20). The van der Waals surface area contributed by atoms with Crippen molar-refractivity contribution in [2.24, 2.45) is 5.92 Å². The third-order valence-corrected chi connectivity index (χ3v) is 5.19. The van der Waals surface area contributed by atoms with Gasteiger partial charge in [-0.2, -0.15) is 0 Å². The Kier molecular flexibility index (Phi) is 3.95. The van der Waals surface area contributed by atoms with Crippen LogP contribution in [-0.2, 0) is 6.54 Å². The van der Waals surface area contributed by atoms with Gasteiger partial charge < -0.3 is 5.11 Å². The maximum atomic E-state index is 14.1. The summed E-state index contributed by atoms with van der Waals surface area (Å²) < 4.78 is 14.9. The fourth-order valence-corrected chi connectivity index (χ4v) is 3.75. The molecule has 1 heterocycles. The topological polar surface area (TPSA) is 40.5 Å². The van der Waals surface area contributed by atoms with Gasteiger partial charge in [0, 0.05) is 28.7 Å². The molecule has 5 heteroatoms. The smallest absolute Gasteiger partial charge is 0.346 e. The van der Waals surface area contributed by atoms with Gasteiger partial charge in [0.15, 0.2) is 0 Å². The SMILES string of the molecule is CCN(Cc1c(C(=O)O)sc2cccc(F)c12)CC1CC1. The summed E-state index contributed by atoms with van der Waals surface area (Å²) in [5.74, 6) is -0.560. The second-order valence-electron chi connectivity index (χ2n) is 5.60. The molecule has 1 aliphatic carbocycles. The summed E-state index contributed by atoms with van der Waals surface area (Å²) in [6.45, 7) is 4.39. The van der Waals surface area contributed by atoms with Gasteiger partial charge in [0.1, 0.15) is 10.7 Å². The van der Waals surface area contributed by atoms with Gasteiger partial charge in [-0.25, -0.2) is 9.18 Å². The molecule has 1 aromatic carbocycles. The number of halogens is 1. The van der Waals surface area contributed by atoms with Crippen LogP contribution in [0.2, 0.25) is 0 Å². The van der Waals surface area contributed by atoms with Gasteiger partial charge in [-0.05, 0) is 37.4 Å². The van der Waals surface area contributed by atoms with E-state index in [9.17, 15) is 14.3 Å². The van der Waals surface area contributed by atoms with Crippen LogP contribution >= 0.6 is 11.3 Å². The third-order valence-electron chi connectivity index (χ3n) is 4.00. The highest BCUT2D eigenvalue weighted by Crippen LogP contribution is 2.35. The van der Waals surface area contributed by atoms with Crippen LogP contribution in [0.3, 0.4) is 0 Å². The first kappa shape index (κ1) is 14.5. The van der Waals surface area contributed by atoms with Crippen molar-refractivity contribution in [3.8, 4) is 0 Å². The number of fused-ring (bicyclic) bond motifs is 1. The molecule has 0 amide bonds. The lowest BCUT2D eigenvalue weighted by Crippen LogP contribution is -2.25. The van der Waals surface area contributed by atoms with Crippen molar-refractivity contribution in [1.82, 2.24) is 4.90 Å². The predicted molar refractivity (Wildman–Crippen MR) is 82.4 cm³/mol. The molecular weight excluding hydrogens is 289 g/mol. The van der Waals surface area contributed by atoms with Crippen LogP contribution in [0.15, 0.2) is 18.2 Å². The van der Waals surface area contributed by atoms with Crippen molar-refractivity contribution < 1.29 is 14.3 Å². The highest BCUT2D eigenvalue weighted by Gasteiger charge is 2.26. The van der Waals surface area contributed by atoms with E-state index in [0.717, 1.165) is 19.0 Å². The van der Waals surface area contributed by atoms with E-state index in [4.69, 9.17) is 0 Å². The van der Waals surface area contributed by atoms with E-state index in [1.807, 2.05) is 0 Å². The van der Waals surface area contributed by atoms with Crippen LogP contribution in [0, 0.1) is 11.7 Å². The molecule has 2 aromatic rings. The number of nitrogens with zero attached hydrogens (tertiary/aromatic N) is 1. The maximum Gasteiger partial charge on any atom is 0.346 e. The average Bonchev–Trinajstić information content (AvgIpc) is 3.18. The third kappa shape index (κ3) is 2.94. The number of carboxylic acids is 1. The van der Waals surface area contributed by atoms with Gasteiger partial charge in [-0.3, -0.25) is 4.90 Å². The first-order valence-corrected chi connectivity index (χ1v) is 8.07. The lowest BCUT2D eigenvalue weighted by molar-refractivity contribution is 0.0700. The van der Waals surface area contributed by atoms with E-state index in [0.29, 0.717) is 22.2 Å². The van der Waals surface area contributed by atoms with Crippen molar-refractivity contribution in [1.29, 1.82) is 0 Å². The molecule has 0 unspecified atom stereocenters. The van der Waals surface area contributed by atoms with E-state index in [1.165, 1.54) is 30.2 Å². The molecule has 1 aliphatic rings. The number of carboxylic acid groups (broad SMARTS) is 1. The molecule has 0 aliphatic heterocycles. The fourth-order valence-electron chi connectivity index (χ4n) is 2.69. The quantitative estimate of drug-likeness (QED) is 0.878. The minimum atomic E-state index is -0.965. The number of rotatable bonds is 6. The lowest BCUT2D eigenvalue weighted by Gasteiger charge is -2.20. The minimum Gasteiger partial charge on any atom is -0.477 e. The first-order chi connectivity index (χ1) is 10.1. The number of benzene rings is 1. The summed E-state index contributed by atoms with van der Waals surface area (Å²) in [6, 6.07) is 4.82. The number of thiophene rings is 1. The highest BCUT2D eigenvalue weighted by molar-refractivity contribution is 7.21. The van der Waals surface area contributed by atoms with Crippen LogP contribution in [0.1, 0.15) is 35.0 Å². The largest absolute Gasteiger partial charge is 0.477 e. The summed E-state index contributed by atoms with van der Waals surface area (Å²) >= 11 is 1.17. The molecule has 112 valence electrons. The Morgan fingerprint density at radius 1 is 1.48 bits per heavy atom. The molecule has 3 rings (SSSR count). The second-order valence-corrected chi connectivity index (χ2v) is 6.65. The predicted octanol–water partition coefficient (Wildman–Crippen LogP) is 3.97. The Balaban J connectivity index is 2.01. The Morgan fingerprint density at radius 2 is 2.24 bits per heavy atom. The average molecular weight is 307 g/mol. The first-order valence-electron chi connectivity index (χ1n) is 7.25. The van der Waals surface area contributed by atoms with Crippen molar-refractivity contribution in [2.75, 3.05) is 13.1 Å². The highest BCUT2D eigenvalue weighted by atomic mass is 32.1. The summed E-state index contributed by atoms with van der Waals surface area (Å²) in [6.07, 6.45) is 2.50. The number of hydrogen-bond acceptors (Lipinski definition) is 3. The zero-order valence-corrected chi connectivity index (χ0v) is 12.8. The van der Waals surface area contributed by atoms with Crippen LogP contribution in [0.25, 0.3) is 10.1 Å². The van der Waals surface area contributed by atoms with Gasteiger partial charge in [-0.15, -0.1) is 11.3 Å². The number of hydrogen-bond donors (Lipinski definition) is 1. The Morgan fingerprint density at radius 3 is 2.86 bits per heavy atom. The Hall–Kier alpha value is -1.46. The molecule has 1 aromatic heterocycles.